The number of rotatable bonds is 1. The highest BCUT2D eigenvalue weighted by molar-refractivity contribution is 7.13. The van der Waals surface area contributed by atoms with Crippen LogP contribution in [-0.4, -0.2) is 4.98 Å². The molecule has 13 heavy (non-hydrogen) atoms. The molecule has 0 bridgehead atoms. The lowest BCUT2D eigenvalue weighted by Crippen LogP contribution is -1.76. The third kappa shape index (κ3) is 1.90. The molecule has 0 aliphatic heterocycles. The fourth-order valence-electron chi connectivity index (χ4n) is 1.06. The molecule has 1 heterocycles. The molecule has 1 aromatic carbocycles. The molecule has 0 atom stereocenters. The Kier molecular flexibility index (Phi) is 2.34. The summed E-state index contributed by atoms with van der Waals surface area (Å²) >= 11 is 7.44. The minimum absolute atomic E-state index is 0.735. The van der Waals surface area contributed by atoms with Crippen molar-refractivity contribution < 1.29 is 0 Å². The highest BCUT2D eigenvalue weighted by atomic mass is 35.5. The number of hydrogen-bond donors (Lipinski definition) is 0. The van der Waals surface area contributed by atoms with Crippen LogP contribution in [0.25, 0.3) is 10.6 Å². The first-order valence-electron chi connectivity index (χ1n) is 3.79. The van der Waals surface area contributed by atoms with Crippen molar-refractivity contribution in [3.05, 3.63) is 47.3 Å². The molecule has 0 amide bonds. The monoisotopic (exact) mass is 208 g/mol. The van der Waals surface area contributed by atoms with E-state index in [0.717, 1.165) is 21.3 Å². The summed E-state index contributed by atoms with van der Waals surface area (Å²) in [6.07, 6.45) is 0. The fourth-order valence-corrected chi connectivity index (χ4v) is 1.98. The molecule has 3 heteroatoms. The largest absolute Gasteiger partial charge is 0.241 e. The Morgan fingerprint density at radius 2 is 2.23 bits per heavy atom. The van der Waals surface area contributed by atoms with E-state index < -0.39 is 0 Å². The second-order valence-corrected chi connectivity index (χ2v) is 3.95. The van der Waals surface area contributed by atoms with Gasteiger partial charge in [-0.2, -0.15) is 0 Å². The molecular weight excluding hydrogens is 202 g/mol. The summed E-state index contributed by atoms with van der Waals surface area (Å²) in [7, 11) is 0. The van der Waals surface area contributed by atoms with Crippen LogP contribution >= 0.6 is 22.9 Å². The number of nitrogens with zero attached hydrogens (tertiary/aromatic N) is 1. The second kappa shape index (κ2) is 3.48. The Bertz CT molecular complexity index is 422. The van der Waals surface area contributed by atoms with Crippen LogP contribution < -0.4 is 0 Å². The van der Waals surface area contributed by atoms with Crippen molar-refractivity contribution in [1.29, 1.82) is 0 Å². The molecule has 1 aromatic heterocycles. The molecular formula is C10H7ClNS. The average Bonchev–Trinajstić information content (AvgIpc) is 2.52. The van der Waals surface area contributed by atoms with Crippen molar-refractivity contribution in [2.24, 2.45) is 0 Å². The summed E-state index contributed by atoms with van der Waals surface area (Å²) in [5.41, 5.74) is 1.85. The molecule has 0 fully saturated rings. The molecule has 0 saturated carbocycles. The Morgan fingerprint density at radius 3 is 2.85 bits per heavy atom. The van der Waals surface area contributed by atoms with Gasteiger partial charge >= 0.3 is 0 Å². The van der Waals surface area contributed by atoms with Crippen LogP contribution in [0.2, 0.25) is 5.02 Å². The van der Waals surface area contributed by atoms with Crippen LogP contribution in [0.1, 0.15) is 5.69 Å². The van der Waals surface area contributed by atoms with E-state index in [1.54, 1.807) is 11.3 Å². The van der Waals surface area contributed by atoms with Crippen molar-refractivity contribution in [1.82, 2.24) is 4.98 Å². The van der Waals surface area contributed by atoms with Gasteiger partial charge in [0.05, 0.1) is 5.69 Å². The van der Waals surface area contributed by atoms with E-state index in [1.165, 1.54) is 0 Å². The molecule has 1 radical (unpaired) electrons. The van der Waals surface area contributed by atoms with Gasteiger partial charge in [0, 0.05) is 16.0 Å². The summed E-state index contributed by atoms with van der Waals surface area (Å²) < 4.78 is 0. The van der Waals surface area contributed by atoms with Crippen molar-refractivity contribution in [3.8, 4) is 10.6 Å². The van der Waals surface area contributed by atoms with E-state index in [0.29, 0.717) is 0 Å². The minimum Gasteiger partial charge on any atom is -0.241 e. The van der Waals surface area contributed by atoms with Crippen LogP contribution in [0.15, 0.2) is 29.6 Å². The van der Waals surface area contributed by atoms with Gasteiger partial charge < -0.3 is 0 Å². The first-order chi connectivity index (χ1) is 6.25. The Balaban J connectivity index is 2.46. The van der Waals surface area contributed by atoms with Crippen LogP contribution in [0.4, 0.5) is 0 Å². The zero-order chi connectivity index (χ0) is 9.26. The Morgan fingerprint density at radius 1 is 1.38 bits per heavy atom. The predicted octanol–water partition coefficient (Wildman–Crippen LogP) is 3.65. The van der Waals surface area contributed by atoms with Crippen LogP contribution in [0.3, 0.4) is 0 Å². The average molecular weight is 209 g/mol. The quantitative estimate of drug-likeness (QED) is 0.697. The van der Waals surface area contributed by atoms with Crippen molar-refractivity contribution in [3.63, 3.8) is 0 Å². The van der Waals surface area contributed by atoms with Crippen LogP contribution in [-0.2, 0) is 0 Å². The maximum atomic E-state index is 5.86. The van der Waals surface area contributed by atoms with E-state index in [4.69, 9.17) is 11.6 Å². The van der Waals surface area contributed by atoms with Crippen LogP contribution in [0.5, 0.6) is 0 Å². The van der Waals surface area contributed by atoms with Gasteiger partial charge in [-0.05, 0) is 19.1 Å². The molecule has 0 unspecified atom stereocenters. The van der Waals surface area contributed by atoms with Gasteiger partial charge in [-0.3, -0.25) is 0 Å². The zero-order valence-corrected chi connectivity index (χ0v) is 8.40. The number of hydrogen-bond acceptors (Lipinski definition) is 2. The lowest BCUT2D eigenvalue weighted by Gasteiger charge is -1.95. The molecule has 65 valence electrons. The summed E-state index contributed by atoms with van der Waals surface area (Å²) in [5.74, 6) is 0. The number of halogens is 1. The lowest BCUT2D eigenvalue weighted by molar-refractivity contribution is 1.35. The lowest BCUT2D eigenvalue weighted by atomic mass is 10.2. The number of thiazole rings is 1. The van der Waals surface area contributed by atoms with Gasteiger partial charge in [-0.25, -0.2) is 4.98 Å². The van der Waals surface area contributed by atoms with Crippen LogP contribution in [0, 0.1) is 6.92 Å². The number of aromatic nitrogens is 1. The second-order valence-electron chi connectivity index (χ2n) is 2.65. The first kappa shape index (κ1) is 8.73. The van der Waals surface area contributed by atoms with Gasteiger partial charge in [-0.15, -0.1) is 11.3 Å². The summed E-state index contributed by atoms with van der Waals surface area (Å²) in [4.78, 5) is 4.27. The Labute approximate surface area is 86.0 Å². The molecule has 1 nitrogen and oxygen atoms in total. The van der Waals surface area contributed by atoms with E-state index >= 15 is 0 Å². The molecule has 0 aliphatic carbocycles. The number of benzene rings is 1. The summed E-state index contributed by atoms with van der Waals surface area (Å²) in [5, 5.41) is 3.63. The highest BCUT2D eigenvalue weighted by Crippen LogP contribution is 2.25. The molecule has 0 aliphatic rings. The minimum atomic E-state index is 0.735. The SMILES string of the molecule is [CH2]c1csc(-c2cccc(Cl)c2)n1. The zero-order valence-electron chi connectivity index (χ0n) is 6.83. The molecule has 2 rings (SSSR count). The maximum absolute atomic E-state index is 5.86. The van der Waals surface area contributed by atoms with Crippen molar-refractivity contribution in [2.45, 2.75) is 0 Å². The van der Waals surface area contributed by atoms with Gasteiger partial charge in [0.25, 0.3) is 0 Å². The topological polar surface area (TPSA) is 12.9 Å². The molecule has 0 saturated heterocycles. The first-order valence-corrected chi connectivity index (χ1v) is 5.05. The summed E-state index contributed by atoms with van der Waals surface area (Å²) in [6, 6.07) is 7.66. The standard InChI is InChI=1S/C10H7ClNS/c1-7-6-13-10(12-7)8-3-2-4-9(11)5-8/h2-6H,1H2. The third-order valence-corrected chi connectivity index (χ3v) is 2.80. The van der Waals surface area contributed by atoms with E-state index in [-0.39, 0.29) is 0 Å². The Hall–Kier alpha value is -0.860. The smallest absolute Gasteiger partial charge is 0.123 e. The highest BCUT2D eigenvalue weighted by Gasteiger charge is 2.01. The van der Waals surface area contributed by atoms with Gasteiger partial charge in [0.1, 0.15) is 5.01 Å². The van der Waals surface area contributed by atoms with Crippen molar-refractivity contribution in [2.75, 3.05) is 0 Å². The molecule has 0 spiro atoms. The molecule has 2 aromatic rings. The molecule has 0 N–H and O–H groups in total. The third-order valence-electron chi connectivity index (χ3n) is 1.62. The predicted molar refractivity (Wildman–Crippen MR) is 57.0 cm³/mol. The van der Waals surface area contributed by atoms with Gasteiger partial charge in [0.2, 0.25) is 0 Å². The maximum Gasteiger partial charge on any atom is 0.123 e. The van der Waals surface area contributed by atoms with E-state index in [9.17, 15) is 0 Å². The van der Waals surface area contributed by atoms with Gasteiger partial charge in [-0.1, -0.05) is 23.7 Å². The normalized spacial score (nSPS) is 10.3. The fraction of sp³-hybridized carbons (Fsp3) is 0. The van der Waals surface area contributed by atoms with Crippen molar-refractivity contribution >= 4 is 22.9 Å². The van der Waals surface area contributed by atoms with Gasteiger partial charge in [0.15, 0.2) is 0 Å². The summed E-state index contributed by atoms with van der Waals surface area (Å²) in [6.45, 7) is 3.76. The van der Waals surface area contributed by atoms with E-state index in [1.807, 2.05) is 29.6 Å². The van der Waals surface area contributed by atoms with E-state index in [2.05, 4.69) is 11.9 Å².